The summed E-state index contributed by atoms with van der Waals surface area (Å²) in [4.78, 5) is 16.8. The van der Waals surface area contributed by atoms with Crippen LogP contribution in [0.2, 0.25) is 0 Å². The van der Waals surface area contributed by atoms with E-state index in [1.165, 1.54) is 0 Å². The molecule has 6 heteroatoms. The van der Waals surface area contributed by atoms with E-state index in [0.717, 1.165) is 30.1 Å². The van der Waals surface area contributed by atoms with Crippen molar-refractivity contribution in [1.29, 1.82) is 0 Å². The SMILES string of the molecule is COc1cccc(N2CCN(C(=O)/C=C/c3ccc(OCC(C)C)c(OC)c3)CC2)c1. The zero-order chi connectivity index (χ0) is 22.2. The molecule has 0 bridgehead atoms. The number of hydrogen-bond acceptors (Lipinski definition) is 5. The fourth-order valence-electron chi connectivity index (χ4n) is 3.43. The average molecular weight is 425 g/mol. The van der Waals surface area contributed by atoms with Crippen molar-refractivity contribution in [2.75, 3.05) is 51.9 Å². The largest absolute Gasteiger partial charge is 0.497 e. The molecule has 6 nitrogen and oxygen atoms in total. The smallest absolute Gasteiger partial charge is 0.246 e. The predicted octanol–water partition coefficient (Wildman–Crippen LogP) is 4.10. The number of nitrogens with zero attached hydrogens (tertiary/aromatic N) is 2. The number of piperazine rings is 1. The molecule has 0 unspecified atom stereocenters. The van der Waals surface area contributed by atoms with Crippen LogP contribution in [0.1, 0.15) is 19.4 Å². The Balaban J connectivity index is 1.56. The van der Waals surface area contributed by atoms with E-state index < -0.39 is 0 Å². The Morgan fingerprint density at radius 1 is 1.00 bits per heavy atom. The van der Waals surface area contributed by atoms with E-state index in [2.05, 4.69) is 24.8 Å². The molecule has 1 aliphatic heterocycles. The van der Waals surface area contributed by atoms with E-state index in [-0.39, 0.29) is 5.91 Å². The third-order valence-corrected chi connectivity index (χ3v) is 5.19. The van der Waals surface area contributed by atoms with Crippen molar-refractivity contribution in [3.63, 3.8) is 0 Å². The lowest BCUT2D eigenvalue weighted by Crippen LogP contribution is -2.48. The van der Waals surface area contributed by atoms with Crippen molar-refractivity contribution >= 4 is 17.7 Å². The maximum Gasteiger partial charge on any atom is 0.246 e. The van der Waals surface area contributed by atoms with Crippen LogP contribution in [0, 0.1) is 5.92 Å². The minimum absolute atomic E-state index is 0.0180. The quantitative estimate of drug-likeness (QED) is 0.597. The molecule has 31 heavy (non-hydrogen) atoms. The number of anilines is 1. The Bertz CT molecular complexity index is 902. The Hall–Kier alpha value is -3.15. The molecule has 166 valence electrons. The Labute approximate surface area is 185 Å². The number of methoxy groups -OCH3 is 2. The standard InChI is InChI=1S/C25H32N2O4/c1-19(2)18-31-23-10-8-20(16-24(23)30-4)9-11-25(28)27-14-12-26(13-15-27)21-6-5-7-22(17-21)29-3/h5-11,16-17,19H,12-15,18H2,1-4H3/b11-9+. The molecule has 0 saturated carbocycles. The van der Waals surface area contributed by atoms with Crippen LogP contribution in [0.15, 0.2) is 48.5 Å². The van der Waals surface area contributed by atoms with Crippen molar-refractivity contribution in [2.24, 2.45) is 5.92 Å². The van der Waals surface area contributed by atoms with E-state index in [4.69, 9.17) is 14.2 Å². The summed E-state index contributed by atoms with van der Waals surface area (Å²) in [6, 6.07) is 13.7. The molecule has 1 amide bonds. The van der Waals surface area contributed by atoms with Gasteiger partial charge in [-0.25, -0.2) is 0 Å². The molecule has 3 rings (SSSR count). The molecule has 1 heterocycles. The van der Waals surface area contributed by atoms with Crippen molar-refractivity contribution in [3.05, 3.63) is 54.1 Å². The first kappa shape index (κ1) is 22.5. The van der Waals surface area contributed by atoms with Crippen LogP contribution in [0.5, 0.6) is 17.2 Å². The van der Waals surface area contributed by atoms with Gasteiger partial charge in [-0.3, -0.25) is 4.79 Å². The van der Waals surface area contributed by atoms with Crippen LogP contribution in [0.25, 0.3) is 6.08 Å². The third kappa shape index (κ3) is 6.17. The Kier molecular flexibility index (Phi) is 7.82. The lowest BCUT2D eigenvalue weighted by atomic mass is 10.1. The van der Waals surface area contributed by atoms with E-state index in [9.17, 15) is 4.79 Å². The fraction of sp³-hybridized carbons (Fsp3) is 0.400. The molecular formula is C25H32N2O4. The van der Waals surface area contributed by atoms with Gasteiger partial charge in [-0.05, 0) is 41.8 Å². The van der Waals surface area contributed by atoms with E-state index in [0.29, 0.717) is 37.1 Å². The van der Waals surface area contributed by atoms with Gasteiger partial charge in [-0.2, -0.15) is 0 Å². The lowest BCUT2D eigenvalue weighted by molar-refractivity contribution is -0.126. The summed E-state index contributed by atoms with van der Waals surface area (Å²) in [7, 11) is 3.29. The molecule has 2 aromatic rings. The maximum atomic E-state index is 12.7. The number of ether oxygens (including phenoxy) is 3. The van der Waals surface area contributed by atoms with Crippen molar-refractivity contribution < 1.29 is 19.0 Å². The van der Waals surface area contributed by atoms with Gasteiger partial charge in [0.1, 0.15) is 5.75 Å². The van der Waals surface area contributed by atoms with Gasteiger partial charge >= 0.3 is 0 Å². The van der Waals surface area contributed by atoms with Gasteiger partial charge in [0.2, 0.25) is 5.91 Å². The highest BCUT2D eigenvalue weighted by Gasteiger charge is 2.20. The highest BCUT2D eigenvalue weighted by molar-refractivity contribution is 5.92. The van der Waals surface area contributed by atoms with E-state index in [1.54, 1.807) is 20.3 Å². The Morgan fingerprint density at radius 3 is 2.45 bits per heavy atom. The first-order valence-corrected chi connectivity index (χ1v) is 10.7. The fourth-order valence-corrected chi connectivity index (χ4v) is 3.43. The second-order valence-corrected chi connectivity index (χ2v) is 7.96. The monoisotopic (exact) mass is 424 g/mol. The molecule has 0 spiro atoms. The van der Waals surface area contributed by atoms with Crippen LogP contribution in [-0.2, 0) is 4.79 Å². The molecule has 1 aliphatic rings. The molecule has 1 saturated heterocycles. The van der Waals surface area contributed by atoms with Gasteiger partial charge in [0.05, 0.1) is 20.8 Å². The number of carbonyl (C=O) groups is 1. The second kappa shape index (κ2) is 10.8. The van der Waals surface area contributed by atoms with Crippen LogP contribution in [0.4, 0.5) is 5.69 Å². The molecule has 0 aliphatic carbocycles. The van der Waals surface area contributed by atoms with Gasteiger partial charge in [-0.15, -0.1) is 0 Å². The number of carbonyl (C=O) groups excluding carboxylic acids is 1. The number of rotatable bonds is 8. The highest BCUT2D eigenvalue weighted by Crippen LogP contribution is 2.29. The lowest BCUT2D eigenvalue weighted by Gasteiger charge is -2.35. The second-order valence-electron chi connectivity index (χ2n) is 7.96. The van der Waals surface area contributed by atoms with Gasteiger partial charge in [-0.1, -0.05) is 26.0 Å². The highest BCUT2D eigenvalue weighted by atomic mass is 16.5. The summed E-state index contributed by atoms with van der Waals surface area (Å²) < 4.78 is 16.5. The molecule has 0 N–H and O–H groups in total. The average Bonchev–Trinajstić information content (AvgIpc) is 2.81. The summed E-state index contributed by atoms with van der Waals surface area (Å²) in [5.74, 6) is 2.68. The molecule has 2 aromatic carbocycles. The van der Waals surface area contributed by atoms with Gasteiger partial charge < -0.3 is 24.0 Å². The summed E-state index contributed by atoms with van der Waals surface area (Å²) in [6.07, 6.45) is 3.45. The summed E-state index contributed by atoms with van der Waals surface area (Å²) in [6.45, 7) is 7.80. The van der Waals surface area contributed by atoms with E-state index >= 15 is 0 Å². The number of hydrogen-bond donors (Lipinski definition) is 0. The molecule has 0 aromatic heterocycles. The third-order valence-electron chi connectivity index (χ3n) is 5.19. The molecule has 1 fully saturated rings. The maximum absolute atomic E-state index is 12.7. The Morgan fingerprint density at radius 2 is 1.77 bits per heavy atom. The number of benzene rings is 2. The van der Waals surface area contributed by atoms with Gasteiger partial charge in [0.15, 0.2) is 11.5 Å². The normalized spacial score (nSPS) is 14.2. The zero-order valence-corrected chi connectivity index (χ0v) is 18.8. The number of amides is 1. The van der Waals surface area contributed by atoms with Gasteiger partial charge in [0, 0.05) is 44.0 Å². The van der Waals surface area contributed by atoms with Crippen LogP contribution in [0.3, 0.4) is 0 Å². The van der Waals surface area contributed by atoms with Gasteiger partial charge in [0.25, 0.3) is 0 Å². The molecular weight excluding hydrogens is 392 g/mol. The zero-order valence-electron chi connectivity index (χ0n) is 18.8. The minimum Gasteiger partial charge on any atom is -0.497 e. The summed E-state index contributed by atoms with van der Waals surface area (Å²) in [5.41, 5.74) is 2.02. The van der Waals surface area contributed by atoms with Crippen LogP contribution >= 0.6 is 0 Å². The minimum atomic E-state index is 0.0180. The first-order chi connectivity index (χ1) is 15.0. The van der Waals surface area contributed by atoms with Crippen LogP contribution in [-0.4, -0.2) is 57.8 Å². The van der Waals surface area contributed by atoms with Crippen molar-refractivity contribution in [1.82, 2.24) is 4.90 Å². The topological polar surface area (TPSA) is 51.2 Å². The van der Waals surface area contributed by atoms with E-state index in [1.807, 2.05) is 47.4 Å². The summed E-state index contributed by atoms with van der Waals surface area (Å²) in [5, 5.41) is 0. The van der Waals surface area contributed by atoms with Crippen LogP contribution < -0.4 is 19.1 Å². The molecule has 0 atom stereocenters. The van der Waals surface area contributed by atoms with Crippen molar-refractivity contribution in [3.8, 4) is 17.2 Å². The first-order valence-electron chi connectivity index (χ1n) is 10.7. The predicted molar refractivity (Wildman–Crippen MR) is 124 cm³/mol. The van der Waals surface area contributed by atoms with Crippen molar-refractivity contribution in [2.45, 2.75) is 13.8 Å². The summed E-state index contributed by atoms with van der Waals surface area (Å²) >= 11 is 0. The molecule has 0 radical (unpaired) electrons.